The quantitative estimate of drug-likeness (QED) is 0.805. The van der Waals surface area contributed by atoms with E-state index in [1.54, 1.807) is 24.3 Å². The van der Waals surface area contributed by atoms with Gasteiger partial charge in [-0.15, -0.1) is 0 Å². The van der Waals surface area contributed by atoms with Gasteiger partial charge < -0.3 is 5.32 Å². The molecule has 4 unspecified atom stereocenters. The third kappa shape index (κ3) is 3.78. The Hall–Kier alpha value is -2.17. The fraction of sp³-hybridized carbons (Fsp3) is 0.591. The Morgan fingerprint density at radius 3 is 2.26 bits per heavy atom. The maximum atomic E-state index is 13.2. The molecule has 146 valence electrons. The number of hydrogen-bond donors (Lipinski definition) is 1. The van der Waals surface area contributed by atoms with Crippen LogP contribution in [0.2, 0.25) is 0 Å². The maximum absolute atomic E-state index is 13.2. The van der Waals surface area contributed by atoms with Crippen LogP contribution in [0, 0.1) is 17.8 Å². The summed E-state index contributed by atoms with van der Waals surface area (Å²) in [7, 11) is 0. The van der Waals surface area contributed by atoms with Crippen molar-refractivity contribution in [3.63, 3.8) is 0 Å². The van der Waals surface area contributed by atoms with E-state index in [1.807, 2.05) is 13.8 Å². The zero-order valence-corrected chi connectivity index (χ0v) is 16.7. The normalized spacial score (nSPS) is 26.3. The maximum Gasteiger partial charge on any atom is 0.262 e. The number of benzene rings is 1. The summed E-state index contributed by atoms with van der Waals surface area (Å²) < 4.78 is 0. The highest BCUT2D eigenvalue weighted by Gasteiger charge is 2.43. The summed E-state index contributed by atoms with van der Waals surface area (Å²) in [5.74, 6) is 0.219. The van der Waals surface area contributed by atoms with Gasteiger partial charge in [0.1, 0.15) is 6.04 Å². The van der Waals surface area contributed by atoms with Gasteiger partial charge in [0.15, 0.2) is 0 Å². The van der Waals surface area contributed by atoms with Crippen LogP contribution in [0.3, 0.4) is 0 Å². The van der Waals surface area contributed by atoms with Gasteiger partial charge >= 0.3 is 0 Å². The average molecular weight is 370 g/mol. The molecule has 1 aromatic rings. The monoisotopic (exact) mass is 370 g/mol. The second-order valence-corrected chi connectivity index (χ2v) is 8.55. The van der Waals surface area contributed by atoms with E-state index >= 15 is 0 Å². The van der Waals surface area contributed by atoms with Gasteiger partial charge in [0, 0.05) is 6.04 Å². The molecule has 2 aliphatic rings. The SMILES string of the molecule is CC(C)CC(C(=O)NC1CCCC(C)C1C)N1C(=O)c2ccccc2C1=O. The standard InChI is InChI=1S/C22H30N2O3/c1-13(2)12-19(20(25)23-18-11-7-8-14(3)15(18)4)24-21(26)16-9-5-6-10-17(16)22(24)27/h5-6,9-10,13-15,18-19H,7-8,11-12H2,1-4H3,(H,23,25). The summed E-state index contributed by atoms with van der Waals surface area (Å²) >= 11 is 0. The molecule has 5 heteroatoms. The molecule has 3 amide bonds. The Morgan fingerprint density at radius 1 is 1.11 bits per heavy atom. The minimum atomic E-state index is -0.762. The number of hydrogen-bond acceptors (Lipinski definition) is 3. The molecule has 0 aromatic heterocycles. The molecule has 1 saturated carbocycles. The topological polar surface area (TPSA) is 66.5 Å². The lowest BCUT2D eigenvalue weighted by Gasteiger charge is -2.36. The average Bonchev–Trinajstić information content (AvgIpc) is 2.88. The van der Waals surface area contributed by atoms with Crippen LogP contribution < -0.4 is 5.32 Å². The molecule has 0 spiro atoms. The van der Waals surface area contributed by atoms with Gasteiger partial charge in [-0.05, 0) is 42.7 Å². The molecule has 4 atom stereocenters. The minimum Gasteiger partial charge on any atom is -0.351 e. The van der Waals surface area contributed by atoms with E-state index in [1.165, 1.54) is 11.3 Å². The molecule has 1 aliphatic heterocycles. The second kappa shape index (κ2) is 7.83. The highest BCUT2D eigenvalue weighted by Crippen LogP contribution is 2.31. The first kappa shape index (κ1) is 19.6. The molecule has 3 rings (SSSR count). The van der Waals surface area contributed by atoms with Gasteiger partial charge in [-0.1, -0.05) is 52.7 Å². The van der Waals surface area contributed by atoms with E-state index < -0.39 is 6.04 Å². The summed E-state index contributed by atoms with van der Waals surface area (Å²) in [6, 6.07) is 6.15. The van der Waals surface area contributed by atoms with Gasteiger partial charge in [-0.2, -0.15) is 0 Å². The molecule has 0 saturated heterocycles. The Kier molecular flexibility index (Phi) is 5.68. The number of nitrogens with one attached hydrogen (secondary N) is 1. The van der Waals surface area contributed by atoms with Gasteiger partial charge in [-0.3, -0.25) is 19.3 Å². The third-order valence-corrected chi connectivity index (χ3v) is 6.17. The van der Waals surface area contributed by atoms with E-state index in [-0.39, 0.29) is 29.7 Å². The molecule has 1 aromatic carbocycles. The molecular weight excluding hydrogens is 340 g/mol. The highest BCUT2D eigenvalue weighted by atomic mass is 16.2. The molecule has 27 heavy (non-hydrogen) atoms. The van der Waals surface area contributed by atoms with Crippen molar-refractivity contribution in [2.24, 2.45) is 17.8 Å². The fourth-order valence-corrected chi connectivity index (χ4v) is 4.33. The van der Waals surface area contributed by atoms with Crippen LogP contribution in [0.25, 0.3) is 0 Å². The van der Waals surface area contributed by atoms with Crippen LogP contribution in [-0.2, 0) is 4.79 Å². The van der Waals surface area contributed by atoms with Crippen LogP contribution in [0.1, 0.15) is 74.1 Å². The van der Waals surface area contributed by atoms with E-state index in [0.29, 0.717) is 29.4 Å². The predicted octanol–water partition coefficient (Wildman–Crippen LogP) is 3.64. The number of carbonyl (C=O) groups excluding carboxylic acids is 3. The summed E-state index contributed by atoms with van der Waals surface area (Å²) in [5.41, 5.74) is 0.785. The fourth-order valence-electron chi connectivity index (χ4n) is 4.33. The number of rotatable bonds is 5. The first-order chi connectivity index (χ1) is 12.8. The van der Waals surface area contributed by atoms with Crippen LogP contribution in [-0.4, -0.2) is 34.7 Å². The number of fused-ring (bicyclic) bond motifs is 1. The summed E-state index contributed by atoms with van der Waals surface area (Å²) in [4.78, 5) is 40.1. The third-order valence-electron chi connectivity index (χ3n) is 6.17. The van der Waals surface area contributed by atoms with Crippen molar-refractivity contribution in [2.75, 3.05) is 0 Å². The lowest BCUT2D eigenvalue weighted by Crippen LogP contribution is -2.54. The zero-order chi connectivity index (χ0) is 19.7. The lowest BCUT2D eigenvalue weighted by molar-refractivity contribution is -0.127. The first-order valence-electron chi connectivity index (χ1n) is 10.1. The smallest absolute Gasteiger partial charge is 0.262 e. The van der Waals surface area contributed by atoms with Gasteiger partial charge in [0.05, 0.1) is 11.1 Å². The minimum absolute atomic E-state index is 0.103. The zero-order valence-electron chi connectivity index (χ0n) is 16.7. The van der Waals surface area contributed by atoms with Crippen molar-refractivity contribution in [3.05, 3.63) is 35.4 Å². The molecule has 1 aliphatic carbocycles. The number of carbonyl (C=O) groups is 3. The van der Waals surface area contributed by atoms with Crippen molar-refractivity contribution in [1.29, 1.82) is 0 Å². The van der Waals surface area contributed by atoms with E-state index in [9.17, 15) is 14.4 Å². The Bertz CT molecular complexity index is 708. The molecule has 1 N–H and O–H groups in total. The van der Waals surface area contributed by atoms with E-state index in [0.717, 1.165) is 12.8 Å². The second-order valence-electron chi connectivity index (χ2n) is 8.55. The van der Waals surface area contributed by atoms with Crippen molar-refractivity contribution in [2.45, 2.75) is 65.5 Å². The van der Waals surface area contributed by atoms with Gasteiger partial charge in [0.2, 0.25) is 5.91 Å². The van der Waals surface area contributed by atoms with E-state index in [2.05, 4.69) is 19.2 Å². The van der Waals surface area contributed by atoms with Gasteiger partial charge in [-0.25, -0.2) is 0 Å². The summed E-state index contributed by atoms with van der Waals surface area (Å²) in [5, 5.41) is 3.16. The molecule has 5 nitrogen and oxygen atoms in total. The van der Waals surface area contributed by atoms with Crippen molar-refractivity contribution in [3.8, 4) is 0 Å². The molecular formula is C22H30N2O3. The lowest BCUT2D eigenvalue weighted by atomic mass is 9.78. The summed E-state index contributed by atoms with van der Waals surface area (Å²) in [6.45, 7) is 8.40. The largest absolute Gasteiger partial charge is 0.351 e. The molecule has 0 radical (unpaired) electrons. The molecule has 0 bridgehead atoms. The van der Waals surface area contributed by atoms with Crippen LogP contribution in [0.15, 0.2) is 24.3 Å². The Labute approximate surface area is 161 Å². The predicted molar refractivity (Wildman–Crippen MR) is 104 cm³/mol. The first-order valence-corrected chi connectivity index (χ1v) is 10.1. The van der Waals surface area contributed by atoms with Crippen molar-refractivity contribution in [1.82, 2.24) is 10.2 Å². The summed E-state index contributed by atoms with van der Waals surface area (Å²) in [6.07, 6.45) is 3.70. The molecule has 1 fully saturated rings. The van der Waals surface area contributed by atoms with Crippen molar-refractivity contribution < 1.29 is 14.4 Å². The van der Waals surface area contributed by atoms with Crippen molar-refractivity contribution >= 4 is 17.7 Å². The Morgan fingerprint density at radius 2 is 1.70 bits per heavy atom. The van der Waals surface area contributed by atoms with Gasteiger partial charge in [0.25, 0.3) is 11.8 Å². The number of nitrogens with zero attached hydrogens (tertiary/aromatic N) is 1. The number of amides is 3. The van der Waals surface area contributed by atoms with Crippen LogP contribution in [0.5, 0.6) is 0 Å². The number of imide groups is 1. The highest BCUT2D eigenvalue weighted by molar-refractivity contribution is 6.22. The Balaban J connectivity index is 1.83. The van der Waals surface area contributed by atoms with Crippen LogP contribution >= 0.6 is 0 Å². The van der Waals surface area contributed by atoms with Crippen LogP contribution in [0.4, 0.5) is 0 Å². The molecule has 1 heterocycles. The van der Waals surface area contributed by atoms with E-state index in [4.69, 9.17) is 0 Å².